The minimum atomic E-state index is 0.0404. The molecule has 0 unspecified atom stereocenters. The van der Waals surface area contributed by atoms with Crippen molar-refractivity contribution >= 4 is 21.8 Å². The smallest absolute Gasteiger partial charge is 0.270 e. The predicted molar refractivity (Wildman–Crippen MR) is 77.3 cm³/mol. The molecule has 6 nitrogen and oxygen atoms in total. The number of halogens is 1. The second kappa shape index (κ2) is 5.05. The molecule has 0 atom stereocenters. The number of aromatic nitrogens is 4. The summed E-state index contributed by atoms with van der Waals surface area (Å²) < 4.78 is 4.90. The van der Waals surface area contributed by atoms with Crippen LogP contribution in [0.3, 0.4) is 0 Å². The lowest BCUT2D eigenvalue weighted by Crippen LogP contribution is -2.39. The number of hydrogen-bond donors (Lipinski definition) is 0. The number of amides is 1. The molecule has 0 spiro atoms. The first-order chi connectivity index (χ1) is 9.56. The van der Waals surface area contributed by atoms with Crippen LogP contribution in [0.5, 0.6) is 0 Å². The van der Waals surface area contributed by atoms with E-state index >= 15 is 0 Å². The van der Waals surface area contributed by atoms with E-state index in [1.165, 1.54) is 0 Å². The standard InChI is InChI=1S/C13H16BrN5O/c1-9(2)19-6-10(14)5-11(19)13(20)17-3-4-18-8-15-16-12(18)7-17/h5-6,8-9H,3-4,7H2,1-2H3. The number of rotatable bonds is 2. The maximum atomic E-state index is 12.7. The zero-order valence-electron chi connectivity index (χ0n) is 11.5. The quantitative estimate of drug-likeness (QED) is 0.842. The highest BCUT2D eigenvalue weighted by Gasteiger charge is 2.25. The first-order valence-corrected chi connectivity index (χ1v) is 7.39. The molecule has 3 rings (SSSR count). The summed E-state index contributed by atoms with van der Waals surface area (Å²) in [7, 11) is 0. The number of carbonyl (C=O) groups is 1. The first-order valence-electron chi connectivity index (χ1n) is 6.59. The summed E-state index contributed by atoms with van der Waals surface area (Å²) in [5.41, 5.74) is 0.708. The second-order valence-corrected chi connectivity index (χ2v) is 6.13. The normalized spacial score (nSPS) is 14.7. The highest BCUT2D eigenvalue weighted by molar-refractivity contribution is 9.10. The van der Waals surface area contributed by atoms with Gasteiger partial charge < -0.3 is 14.0 Å². The summed E-state index contributed by atoms with van der Waals surface area (Å²) in [6, 6.07) is 2.12. The van der Waals surface area contributed by atoms with Crippen LogP contribution >= 0.6 is 15.9 Å². The lowest BCUT2D eigenvalue weighted by molar-refractivity contribution is 0.0695. The van der Waals surface area contributed by atoms with Crippen LogP contribution < -0.4 is 0 Å². The van der Waals surface area contributed by atoms with Crippen molar-refractivity contribution in [3.8, 4) is 0 Å². The van der Waals surface area contributed by atoms with Gasteiger partial charge in [0.2, 0.25) is 0 Å². The molecule has 0 saturated heterocycles. The molecule has 0 saturated carbocycles. The van der Waals surface area contributed by atoms with Crippen LogP contribution in [0.4, 0.5) is 0 Å². The Morgan fingerprint density at radius 1 is 1.40 bits per heavy atom. The molecule has 7 heteroatoms. The van der Waals surface area contributed by atoms with Crippen LogP contribution in [0, 0.1) is 0 Å². The van der Waals surface area contributed by atoms with Crippen LogP contribution in [0.15, 0.2) is 23.1 Å². The van der Waals surface area contributed by atoms with Gasteiger partial charge in [0.25, 0.3) is 5.91 Å². The molecule has 1 aliphatic rings. The van der Waals surface area contributed by atoms with Gasteiger partial charge in [0.05, 0.1) is 6.54 Å². The van der Waals surface area contributed by atoms with Gasteiger partial charge in [-0.1, -0.05) is 0 Å². The summed E-state index contributed by atoms with van der Waals surface area (Å²) in [5.74, 6) is 0.880. The van der Waals surface area contributed by atoms with Crippen LogP contribution in [0.2, 0.25) is 0 Å². The number of fused-ring (bicyclic) bond motifs is 1. The van der Waals surface area contributed by atoms with Crippen LogP contribution in [-0.2, 0) is 13.1 Å². The maximum Gasteiger partial charge on any atom is 0.270 e. The van der Waals surface area contributed by atoms with Gasteiger partial charge in [-0.05, 0) is 35.8 Å². The van der Waals surface area contributed by atoms with E-state index in [4.69, 9.17) is 0 Å². The summed E-state index contributed by atoms with van der Waals surface area (Å²) in [4.78, 5) is 14.5. The maximum absolute atomic E-state index is 12.7. The fourth-order valence-electron chi connectivity index (χ4n) is 2.45. The Hall–Kier alpha value is -1.63. The highest BCUT2D eigenvalue weighted by atomic mass is 79.9. The van der Waals surface area contributed by atoms with Crippen LogP contribution in [0.1, 0.15) is 36.2 Å². The van der Waals surface area contributed by atoms with Gasteiger partial charge in [-0.2, -0.15) is 0 Å². The highest BCUT2D eigenvalue weighted by Crippen LogP contribution is 2.22. The van der Waals surface area contributed by atoms with E-state index in [1.807, 2.05) is 26.3 Å². The predicted octanol–water partition coefficient (Wildman–Crippen LogP) is 2.08. The Kier molecular flexibility index (Phi) is 3.37. The lowest BCUT2D eigenvalue weighted by Gasteiger charge is -2.27. The van der Waals surface area contributed by atoms with Crippen LogP contribution in [-0.4, -0.2) is 36.7 Å². The molecule has 0 aliphatic carbocycles. The van der Waals surface area contributed by atoms with E-state index in [9.17, 15) is 4.79 Å². The Labute approximate surface area is 125 Å². The van der Waals surface area contributed by atoms with Gasteiger partial charge >= 0.3 is 0 Å². The number of carbonyl (C=O) groups excluding carboxylic acids is 1. The molecule has 0 bridgehead atoms. The molecule has 2 aromatic heterocycles. The molecular formula is C13H16BrN5O. The van der Waals surface area contributed by atoms with Crippen LogP contribution in [0.25, 0.3) is 0 Å². The van der Waals surface area contributed by atoms with Crippen molar-refractivity contribution in [1.29, 1.82) is 0 Å². The molecule has 20 heavy (non-hydrogen) atoms. The molecular weight excluding hydrogens is 322 g/mol. The van der Waals surface area contributed by atoms with Gasteiger partial charge in [-0.25, -0.2) is 0 Å². The van der Waals surface area contributed by atoms with Crippen molar-refractivity contribution in [1.82, 2.24) is 24.2 Å². The van der Waals surface area contributed by atoms with Crippen molar-refractivity contribution in [3.63, 3.8) is 0 Å². The molecule has 0 aromatic carbocycles. The van der Waals surface area contributed by atoms with E-state index in [0.29, 0.717) is 18.8 Å². The van der Waals surface area contributed by atoms with Crippen molar-refractivity contribution in [3.05, 3.63) is 34.6 Å². The largest absolute Gasteiger partial charge is 0.340 e. The third-order valence-electron chi connectivity index (χ3n) is 3.52. The third kappa shape index (κ3) is 2.26. The SMILES string of the molecule is CC(C)n1cc(Br)cc1C(=O)N1CCn2cnnc2C1. The van der Waals surface area contributed by atoms with Gasteiger partial charge in [0, 0.05) is 29.8 Å². The van der Waals surface area contributed by atoms with E-state index < -0.39 is 0 Å². The number of nitrogens with zero attached hydrogens (tertiary/aromatic N) is 5. The Morgan fingerprint density at radius 2 is 2.20 bits per heavy atom. The van der Waals surface area contributed by atoms with Crippen molar-refractivity contribution in [2.75, 3.05) is 6.54 Å². The van der Waals surface area contributed by atoms with E-state index in [2.05, 4.69) is 40.0 Å². The average Bonchev–Trinajstić information content (AvgIpc) is 3.02. The minimum Gasteiger partial charge on any atom is -0.340 e. The van der Waals surface area contributed by atoms with Crippen molar-refractivity contribution < 1.29 is 4.79 Å². The molecule has 106 valence electrons. The van der Waals surface area contributed by atoms with Gasteiger partial charge in [-0.15, -0.1) is 10.2 Å². The zero-order chi connectivity index (χ0) is 14.3. The molecule has 1 aliphatic heterocycles. The third-order valence-corrected chi connectivity index (χ3v) is 3.95. The first kappa shape index (κ1) is 13.4. The Balaban J connectivity index is 1.87. The van der Waals surface area contributed by atoms with Crippen molar-refractivity contribution in [2.24, 2.45) is 0 Å². The molecule has 0 N–H and O–H groups in total. The molecule has 1 amide bonds. The molecule has 0 radical (unpaired) electrons. The summed E-state index contributed by atoms with van der Waals surface area (Å²) in [6.45, 7) is 6.08. The molecule has 2 aromatic rings. The Morgan fingerprint density at radius 3 is 2.95 bits per heavy atom. The summed E-state index contributed by atoms with van der Waals surface area (Å²) in [5, 5.41) is 7.93. The molecule has 0 fully saturated rings. The van der Waals surface area contributed by atoms with E-state index in [1.54, 1.807) is 6.33 Å². The topological polar surface area (TPSA) is 56.0 Å². The van der Waals surface area contributed by atoms with Gasteiger partial charge in [-0.3, -0.25) is 4.79 Å². The van der Waals surface area contributed by atoms with Gasteiger partial charge in [0.15, 0.2) is 5.82 Å². The summed E-state index contributed by atoms with van der Waals surface area (Å²) in [6.07, 6.45) is 3.66. The zero-order valence-corrected chi connectivity index (χ0v) is 13.0. The number of hydrogen-bond acceptors (Lipinski definition) is 3. The van der Waals surface area contributed by atoms with E-state index in [-0.39, 0.29) is 11.9 Å². The Bertz CT molecular complexity index is 645. The van der Waals surface area contributed by atoms with Gasteiger partial charge in [0.1, 0.15) is 12.0 Å². The fourth-order valence-corrected chi connectivity index (χ4v) is 2.88. The van der Waals surface area contributed by atoms with E-state index in [0.717, 1.165) is 16.8 Å². The summed E-state index contributed by atoms with van der Waals surface area (Å²) >= 11 is 3.45. The lowest BCUT2D eigenvalue weighted by atomic mass is 10.3. The fraction of sp³-hybridized carbons (Fsp3) is 0.462. The molecule has 3 heterocycles. The van der Waals surface area contributed by atoms with Crippen molar-refractivity contribution in [2.45, 2.75) is 33.0 Å². The monoisotopic (exact) mass is 337 g/mol. The minimum absolute atomic E-state index is 0.0404. The average molecular weight is 338 g/mol. The second-order valence-electron chi connectivity index (χ2n) is 5.21.